The van der Waals surface area contributed by atoms with Gasteiger partial charge in [0.25, 0.3) is 5.56 Å². The van der Waals surface area contributed by atoms with E-state index < -0.39 is 0 Å². The fourth-order valence-corrected chi connectivity index (χ4v) is 4.43. The number of thiazole rings is 1. The van der Waals surface area contributed by atoms with Crippen molar-refractivity contribution in [3.05, 3.63) is 50.7 Å². The van der Waals surface area contributed by atoms with Gasteiger partial charge in [0.2, 0.25) is 0 Å². The molecule has 1 aliphatic rings. The summed E-state index contributed by atoms with van der Waals surface area (Å²) in [6.45, 7) is 1.38. The minimum Gasteiger partial charge on any atom is -0.493 e. The molecule has 0 spiro atoms. The van der Waals surface area contributed by atoms with Crippen molar-refractivity contribution in [1.29, 1.82) is 0 Å². The molecule has 1 N–H and O–H groups in total. The van der Waals surface area contributed by atoms with E-state index in [1.807, 2.05) is 23.6 Å². The molecule has 0 saturated heterocycles. The molecule has 158 valence electrons. The Labute approximate surface area is 179 Å². The summed E-state index contributed by atoms with van der Waals surface area (Å²) in [6, 6.07) is 5.77. The van der Waals surface area contributed by atoms with Gasteiger partial charge >= 0.3 is 0 Å². The summed E-state index contributed by atoms with van der Waals surface area (Å²) in [5.41, 5.74) is 3.52. The van der Waals surface area contributed by atoms with Crippen molar-refractivity contribution >= 4 is 17.0 Å². The van der Waals surface area contributed by atoms with E-state index in [2.05, 4.69) is 10.1 Å². The Bertz CT molecular complexity index is 1100. The Kier molecular flexibility index (Phi) is 6.32. The van der Waals surface area contributed by atoms with Crippen LogP contribution in [-0.4, -0.2) is 41.2 Å². The zero-order valence-electron chi connectivity index (χ0n) is 17.3. The molecule has 1 aliphatic heterocycles. The number of ether oxygens (including phenoxy) is 2. The van der Waals surface area contributed by atoms with Gasteiger partial charge in [-0.3, -0.25) is 14.5 Å². The normalized spacial score (nSPS) is 14.3. The van der Waals surface area contributed by atoms with Crippen molar-refractivity contribution < 1.29 is 9.47 Å². The van der Waals surface area contributed by atoms with Gasteiger partial charge in [-0.2, -0.15) is 0 Å². The molecule has 2 aromatic heterocycles. The Morgan fingerprint density at radius 2 is 2.03 bits per heavy atom. The molecule has 3 heterocycles. The van der Waals surface area contributed by atoms with Crippen LogP contribution < -0.4 is 15.0 Å². The second-order valence-corrected chi connectivity index (χ2v) is 8.17. The summed E-state index contributed by atoms with van der Waals surface area (Å²) in [7, 11) is 3.24. The molecule has 8 heteroatoms. The lowest BCUT2D eigenvalue weighted by Crippen LogP contribution is -2.22. The van der Waals surface area contributed by atoms with E-state index in [4.69, 9.17) is 14.5 Å². The van der Waals surface area contributed by atoms with E-state index in [9.17, 15) is 4.79 Å². The van der Waals surface area contributed by atoms with E-state index in [1.54, 1.807) is 36.4 Å². The van der Waals surface area contributed by atoms with Gasteiger partial charge in [-0.05, 0) is 37.5 Å². The molecule has 3 aromatic rings. The van der Waals surface area contributed by atoms with Crippen LogP contribution in [0.5, 0.6) is 11.5 Å². The largest absolute Gasteiger partial charge is 0.493 e. The summed E-state index contributed by atoms with van der Waals surface area (Å²) in [6.07, 6.45) is 6.75. The number of H-pyrrole nitrogens is 1. The van der Waals surface area contributed by atoms with Gasteiger partial charge in [0, 0.05) is 42.4 Å². The van der Waals surface area contributed by atoms with Gasteiger partial charge in [-0.25, -0.2) is 4.98 Å². The molecule has 0 bridgehead atoms. The van der Waals surface area contributed by atoms with E-state index >= 15 is 0 Å². The molecule has 1 aromatic carbocycles. The molecule has 4 rings (SSSR count). The summed E-state index contributed by atoms with van der Waals surface area (Å²) >= 11 is 1.59. The average Bonchev–Trinajstić information content (AvgIpc) is 3.29. The van der Waals surface area contributed by atoms with Crippen LogP contribution in [0.4, 0.5) is 0 Å². The molecule has 0 unspecified atom stereocenters. The average molecular weight is 427 g/mol. The number of aryl methyl sites for hydroxylation is 2. The van der Waals surface area contributed by atoms with Crippen LogP contribution in [-0.2, 0) is 13.0 Å². The molecule has 7 nitrogen and oxygen atoms in total. The first-order valence-electron chi connectivity index (χ1n) is 10.2. The number of hydrogen-bond acceptors (Lipinski definition) is 6. The van der Waals surface area contributed by atoms with E-state index in [0.29, 0.717) is 30.0 Å². The first-order valence-corrected chi connectivity index (χ1v) is 11.1. The first kappa shape index (κ1) is 20.4. The second kappa shape index (κ2) is 9.30. The van der Waals surface area contributed by atoms with Crippen molar-refractivity contribution in [2.75, 3.05) is 20.8 Å². The van der Waals surface area contributed by atoms with Crippen LogP contribution in [0.2, 0.25) is 0 Å². The number of aromatic amines is 1. The highest BCUT2D eigenvalue weighted by molar-refractivity contribution is 7.09. The maximum atomic E-state index is 12.8. The second-order valence-electron chi connectivity index (χ2n) is 7.23. The zero-order valence-corrected chi connectivity index (χ0v) is 18.1. The van der Waals surface area contributed by atoms with Gasteiger partial charge < -0.3 is 14.6 Å². The van der Waals surface area contributed by atoms with E-state index in [-0.39, 0.29) is 5.56 Å². The molecule has 0 fully saturated rings. The molecular weight excluding hydrogens is 400 g/mol. The number of nitrogens with zero attached hydrogens (tertiary/aromatic N) is 3. The van der Waals surface area contributed by atoms with Crippen molar-refractivity contribution in [3.8, 4) is 22.8 Å². The number of aromatic nitrogens is 3. The lowest BCUT2D eigenvalue weighted by atomic mass is 10.1. The standard InChI is InChI=1S/C22H26N4O3S/c1-28-19-8-7-15(12-20(19)29-2)18-14-30-21(25-18)9-11-26-22(27)16(13-24-26)17-6-4-3-5-10-23-17/h7-8,12-14,24H,3-6,9-11H2,1-2H3. The number of benzene rings is 1. The molecular formula is C22H26N4O3S. The Morgan fingerprint density at radius 3 is 2.87 bits per heavy atom. The minimum absolute atomic E-state index is 0.00678. The lowest BCUT2D eigenvalue weighted by molar-refractivity contribution is 0.355. The number of aliphatic imine (C=N–C) groups is 1. The van der Waals surface area contributed by atoms with Gasteiger partial charge in [-0.15, -0.1) is 11.3 Å². The monoisotopic (exact) mass is 426 g/mol. The van der Waals surface area contributed by atoms with Gasteiger partial charge in [0.15, 0.2) is 11.5 Å². The number of methoxy groups -OCH3 is 2. The molecule has 0 aliphatic carbocycles. The van der Waals surface area contributed by atoms with Crippen LogP contribution in [0.3, 0.4) is 0 Å². The van der Waals surface area contributed by atoms with Crippen LogP contribution in [0.15, 0.2) is 39.6 Å². The first-order chi connectivity index (χ1) is 14.7. The maximum absolute atomic E-state index is 12.8. The summed E-state index contributed by atoms with van der Waals surface area (Å²) in [5, 5.41) is 6.11. The van der Waals surface area contributed by atoms with E-state index in [1.165, 1.54) is 6.42 Å². The third-order valence-electron chi connectivity index (χ3n) is 5.31. The van der Waals surface area contributed by atoms with Crippen LogP contribution in [0.25, 0.3) is 11.3 Å². The Balaban J connectivity index is 1.45. The Morgan fingerprint density at radius 1 is 1.17 bits per heavy atom. The van der Waals surface area contributed by atoms with E-state index in [0.717, 1.165) is 47.8 Å². The molecule has 0 radical (unpaired) electrons. The summed E-state index contributed by atoms with van der Waals surface area (Å²) in [4.78, 5) is 22.1. The minimum atomic E-state index is 0.00678. The number of nitrogens with one attached hydrogen (secondary N) is 1. The lowest BCUT2D eigenvalue weighted by Gasteiger charge is -2.08. The van der Waals surface area contributed by atoms with Crippen LogP contribution in [0.1, 0.15) is 36.3 Å². The van der Waals surface area contributed by atoms with Gasteiger partial charge in [-0.1, -0.05) is 6.42 Å². The van der Waals surface area contributed by atoms with Crippen molar-refractivity contribution in [1.82, 2.24) is 14.8 Å². The SMILES string of the molecule is COc1ccc(-c2csc(CCn3[nH]cc(C4=NCCCCC4)c3=O)n2)cc1OC. The number of hydrogen-bond donors (Lipinski definition) is 1. The van der Waals surface area contributed by atoms with Crippen molar-refractivity contribution in [3.63, 3.8) is 0 Å². The summed E-state index contributed by atoms with van der Waals surface area (Å²) < 4.78 is 12.3. The quantitative estimate of drug-likeness (QED) is 0.621. The molecule has 0 saturated carbocycles. The Hall–Kier alpha value is -2.87. The zero-order chi connectivity index (χ0) is 20.9. The maximum Gasteiger partial charge on any atom is 0.275 e. The third-order valence-corrected chi connectivity index (χ3v) is 6.21. The van der Waals surface area contributed by atoms with Crippen LogP contribution >= 0.6 is 11.3 Å². The van der Waals surface area contributed by atoms with Crippen molar-refractivity contribution in [2.45, 2.75) is 38.6 Å². The summed E-state index contributed by atoms with van der Waals surface area (Å²) in [5.74, 6) is 1.37. The highest BCUT2D eigenvalue weighted by Crippen LogP contribution is 2.32. The third kappa shape index (κ3) is 4.33. The van der Waals surface area contributed by atoms with Gasteiger partial charge in [0.1, 0.15) is 0 Å². The smallest absolute Gasteiger partial charge is 0.275 e. The van der Waals surface area contributed by atoms with Gasteiger partial charge in [0.05, 0.1) is 30.5 Å². The van der Waals surface area contributed by atoms with Crippen LogP contribution in [0, 0.1) is 0 Å². The molecule has 0 atom stereocenters. The predicted octanol–water partition coefficient (Wildman–Crippen LogP) is 3.92. The fourth-order valence-electron chi connectivity index (χ4n) is 3.64. The highest BCUT2D eigenvalue weighted by Gasteiger charge is 2.15. The topological polar surface area (TPSA) is 81.5 Å². The number of rotatable bonds is 7. The molecule has 0 amide bonds. The predicted molar refractivity (Wildman–Crippen MR) is 119 cm³/mol. The molecule has 30 heavy (non-hydrogen) atoms. The highest BCUT2D eigenvalue weighted by atomic mass is 32.1. The fraction of sp³-hybridized carbons (Fsp3) is 0.409. The van der Waals surface area contributed by atoms with Crippen molar-refractivity contribution in [2.24, 2.45) is 4.99 Å².